The summed E-state index contributed by atoms with van der Waals surface area (Å²) < 4.78 is 0. The maximum absolute atomic E-state index is 11.8. The number of imidazole rings is 1. The maximum Gasteiger partial charge on any atom is 0.226 e. The molecule has 0 aromatic carbocycles. The Balaban J connectivity index is 1.56. The molecule has 0 unspecified atom stereocenters. The molecule has 0 bridgehead atoms. The van der Waals surface area contributed by atoms with Gasteiger partial charge in [0, 0.05) is 22.5 Å². The Labute approximate surface area is 123 Å². The fourth-order valence-electron chi connectivity index (χ4n) is 1.71. The van der Waals surface area contributed by atoms with Crippen LogP contribution in [0.1, 0.15) is 11.4 Å². The Kier molecular flexibility index (Phi) is 3.89. The van der Waals surface area contributed by atoms with Crippen molar-refractivity contribution in [3.05, 3.63) is 46.1 Å². The third kappa shape index (κ3) is 3.12. The molecule has 3 aromatic rings. The predicted molar refractivity (Wildman–Crippen MR) is 79.6 cm³/mol. The molecular formula is C13H12N4OS2. The van der Waals surface area contributed by atoms with Crippen LogP contribution in [0, 0.1) is 0 Å². The van der Waals surface area contributed by atoms with Crippen LogP contribution in [0.5, 0.6) is 0 Å². The summed E-state index contributed by atoms with van der Waals surface area (Å²) >= 11 is 3.21. The molecule has 0 saturated carbocycles. The standard InChI is InChI=1S/C13H12N4OS2/c18-12(15-5-11-4-14-8-16-11)3-10-7-20-13(17-10)9-1-2-19-6-9/h1-2,4,6-8H,3,5H2,(H,14,16)(H,15,18). The minimum atomic E-state index is -0.0400. The molecule has 2 N–H and O–H groups in total. The number of thiazole rings is 1. The van der Waals surface area contributed by atoms with Crippen molar-refractivity contribution in [1.82, 2.24) is 20.3 Å². The number of carbonyl (C=O) groups excluding carboxylic acids is 1. The molecule has 0 aliphatic carbocycles. The molecule has 0 atom stereocenters. The van der Waals surface area contributed by atoms with Gasteiger partial charge in [-0.1, -0.05) is 0 Å². The molecule has 0 spiro atoms. The van der Waals surface area contributed by atoms with E-state index in [2.05, 4.69) is 25.6 Å². The van der Waals surface area contributed by atoms with E-state index in [4.69, 9.17) is 0 Å². The lowest BCUT2D eigenvalue weighted by molar-refractivity contribution is -0.120. The summed E-state index contributed by atoms with van der Waals surface area (Å²) in [5, 5.41) is 9.81. The van der Waals surface area contributed by atoms with Crippen molar-refractivity contribution < 1.29 is 4.79 Å². The van der Waals surface area contributed by atoms with Gasteiger partial charge < -0.3 is 10.3 Å². The maximum atomic E-state index is 11.8. The van der Waals surface area contributed by atoms with E-state index in [0.29, 0.717) is 13.0 Å². The number of nitrogens with zero attached hydrogens (tertiary/aromatic N) is 2. The van der Waals surface area contributed by atoms with E-state index in [9.17, 15) is 4.79 Å². The van der Waals surface area contributed by atoms with Gasteiger partial charge in [-0.25, -0.2) is 9.97 Å². The first kappa shape index (κ1) is 13.0. The van der Waals surface area contributed by atoms with Crippen LogP contribution >= 0.6 is 22.7 Å². The van der Waals surface area contributed by atoms with Gasteiger partial charge in [0.1, 0.15) is 5.01 Å². The van der Waals surface area contributed by atoms with Crippen LogP contribution in [0.2, 0.25) is 0 Å². The quantitative estimate of drug-likeness (QED) is 0.760. The van der Waals surface area contributed by atoms with E-state index >= 15 is 0 Å². The largest absolute Gasteiger partial charge is 0.350 e. The number of amides is 1. The fourth-order valence-corrected chi connectivity index (χ4v) is 3.24. The summed E-state index contributed by atoms with van der Waals surface area (Å²) in [6.45, 7) is 0.459. The third-order valence-electron chi connectivity index (χ3n) is 2.69. The number of thiophene rings is 1. The van der Waals surface area contributed by atoms with Crippen molar-refractivity contribution in [2.24, 2.45) is 0 Å². The lowest BCUT2D eigenvalue weighted by Crippen LogP contribution is -2.24. The van der Waals surface area contributed by atoms with Crippen molar-refractivity contribution >= 4 is 28.6 Å². The van der Waals surface area contributed by atoms with Crippen LogP contribution in [-0.4, -0.2) is 20.9 Å². The Bertz CT molecular complexity index is 673. The van der Waals surface area contributed by atoms with Gasteiger partial charge in [-0.3, -0.25) is 4.79 Å². The van der Waals surface area contributed by atoms with Gasteiger partial charge in [-0.2, -0.15) is 11.3 Å². The van der Waals surface area contributed by atoms with Gasteiger partial charge in [0.05, 0.1) is 30.7 Å². The second-order valence-corrected chi connectivity index (χ2v) is 5.82. The number of hydrogen-bond donors (Lipinski definition) is 2. The normalized spacial score (nSPS) is 10.6. The zero-order chi connectivity index (χ0) is 13.8. The highest BCUT2D eigenvalue weighted by Gasteiger charge is 2.09. The third-order valence-corrected chi connectivity index (χ3v) is 4.32. The van der Waals surface area contributed by atoms with E-state index in [1.54, 1.807) is 35.2 Å². The summed E-state index contributed by atoms with van der Waals surface area (Å²) in [5.41, 5.74) is 2.80. The van der Waals surface area contributed by atoms with Gasteiger partial charge in [-0.15, -0.1) is 11.3 Å². The Morgan fingerprint density at radius 3 is 3.10 bits per heavy atom. The number of aromatic amines is 1. The molecule has 3 rings (SSSR count). The molecule has 0 aliphatic heterocycles. The summed E-state index contributed by atoms with van der Waals surface area (Å²) in [6, 6.07) is 2.03. The second kappa shape index (κ2) is 5.98. The first-order chi connectivity index (χ1) is 9.81. The van der Waals surface area contributed by atoms with Crippen LogP contribution in [-0.2, 0) is 17.8 Å². The molecule has 102 valence electrons. The number of nitrogens with one attached hydrogen (secondary N) is 2. The smallest absolute Gasteiger partial charge is 0.226 e. The number of aromatic nitrogens is 3. The molecule has 3 heterocycles. The fraction of sp³-hybridized carbons (Fsp3) is 0.154. The molecule has 5 nitrogen and oxygen atoms in total. The van der Waals surface area contributed by atoms with Crippen molar-refractivity contribution in [2.45, 2.75) is 13.0 Å². The Morgan fingerprint density at radius 1 is 1.40 bits per heavy atom. The van der Waals surface area contributed by atoms with Crippen molar-refractivity contribution in [1.29, 1.82) is 0 Å². The highest BCUT2D eigenvalue weighted by molar-refractivity contribution is 7.14. The lowest BCUT2D eigenvalue weighted by Gasteiger charge is -2.01. The minimum absolute atomic E-state index is 0.0400. The SMILES string of the molecule is O=C(Cc1csc(-c2ccsc2)n1)NCc1cnc[nH]1. The van der Waals surface area contributed by atoms with Gasteiger partial charge in [-0.05, 0) is 11.4 Å². The van der Waals surface area contributed by atoms with Crippen LogP contribution in [0.25, 0.3) is 10.6 Å². The topological polar surface area (TPSA) is 70.7 Å². The van der Waals surface area contributed by atoms with Crippen molar-refractivity contribution in [3.8, 4) is 10.6 Å². The average molecular weight is 304 g/mol. The summed E-state index contributed by atoms with van der Waals surface area (Å²) in [4.78, 5) is 23.1. The minimum Gasteiger partial charge on any atom is -0.350 e. The predicted octanol–water partition coefficient (Wildman–Crippen LogP) is 2.45. The number of hydrogen-bond acceptors (Lipinski definition) is 5. The van der Waals surface area contributed by atoms with Crippen LogP contribution in [0.4, 0.5) is 0 Å². The summed E-state index contributed by atoms with van der Waals surface area (Å²) in [5.74, 6) is -0.0400. The highest BCUT2D eigenvalue weighted by Crippen LogP contribution is 2.25. The van der Waals surface area contributed by atoms with Gasteiger partial charge >= 0.3 is 0 Å². The molecule has 3 aromatic heterocycles. The Morgan fingerprint density at radius 2 is 2.35 bits per heavy atom. The van der Waals surface area contributed by atoms with E-state index in [1.165, 1.54) is 0 Å². The van der Waals surface area contributed by atoms with Gasteiger partial charge in [0.15, 0.2) is 0 Å². The number of H-pyrrole nitrogens is 1. The van der Waals surface area contributed by atoms with E-state index in [1.807, 2.05) is 16.8 Å². The van der Waals surface area contributed by atoms with E-state index in [0.717, 1.165) is 22.0 Å². The van der Waals surface area contributed by atoms with E-state index < -0.39 is 0 Å². The van der Waals surface area contributed by atoms with Crippen LogP contribution in [0.3, 0.4) is 0 Å². The first-order valence-electron chi connectivity index (χ1n) is 6.02. The van der Waals surface area contributed by atoms with Gasteiger partial charge in [0.25, 0.3) is 0 Å². The monoisotopic (exact) mass is 304 g/mol. The lowest BCUT2D eigenvalue weighted by atomic mass is 10.3. The molecule has 0 saturated heterocycles. The second-order valence-electron chi connectivity index (χ2n) is 4.19. The molecule has 1 amide bonds. The zero-order valence-corrected chi connectivity index (χ0v) is 12.1. The van der Waals surface area contributed by atoms with Crippen LogP contribution in [0.15, 0.2) is 34.7 Å². The molecule has 7 heteroatoms. The molecule has 0 aliphatic rings. The van der Waals surface area contributed by atoms with Crippen molar-refractivity contribution in [3.63, 3.8) is 0 Å². The number of carbonyl (C=O) groups is 1. The van der Waals surface area contributed by atoms with Gasteiger partial charge in [0.2, 0.25) is 5.91 Å². The molecule has 0 fully saturated rings. The Hall–Kier alpha value is -1.99. The summed E-state index contributed by atoms with van der Waals surface area (Å²) in [6.07, 6.45) is 3.58. The van der Waals surface area contributed by atoms with Crippen molar-refractivity contribution in [2.75, 3.05) is 0 Å². The average Bonchev–Trinajstić information content (AvgIpc) is 3.18. The number of rotatable bonds is 5. The first-order valence-corrected chi connectivity index (χ1v) is 7.84. The van der Waals surface area contributed by atoms with E-state index in [-0.39, 0.29) is 5.91 Å². The zero-order valence-electron chi connectivity index (χ0n) is 10.5. The highest BCUT2D eigenvalue weighted by atomic mass is 32.1. The summed E-state index contributed by atoms with van der Waals surface area (Å²) in [7, 11) is 0. The van der Waals surface area contributed by atoms with Crippen LogP contribution < -0.4 is 5.32 Å². The molecule has 0 radical (unpaired) electrons. The molecular weight excluding hydrogens is 292 g/mol. The molecule has 20 heavy (non-hydrogen) atoms.